The molecule has 0 aromatic carbocycles. The van der Waals surface area contributed by atoms with Gasteiger partial charge in [0.1, 0.15) is 4.60 Å². The summed E-state index contributed by atoms with van der Waals surface area (Å²) in [5, 5.41) is 4.50. The molecule has 16 heavy (non-hydrogen) atoms. The third-order valence-electron chi connectivity index (χ3n) is 2.81. The van der Waals surface area contributed by atoms with Crippen LogP contribution in [0.1, 0.15) is 31.7 Å². The molecule has 0 radical (unpaired) electrons. The lowest BCUT2D eigenvalue weighted by molar-refractivity contribution is 0.543. The molecule has 0 aliphatic rings. The van der Waals surface area contributed by atoms with Crippen molar-refractivity contribution in [3.05, 3.63) is 28.1 Å². The summed E-state index contributed by atoms with van der Waals surface area (Å²) in [4.78, 5) is 4.54. The lowest BCUT2D eigenvalue weighted by Crippen LogP contribution is -2.00. The maximum atomic E-state index is 4.54. The molecular formula is C12H16BrN3. The molecule has 3 nitrogen and oxygen atoms in total. The van der Waals surface area contributed by atoms with Crippen molar-refractivity contribution in [2.75, 3.05) is 0 Å². The zero-order valence-corrected chi connectivity index (χ0v) is 11.5. The Kier molecular flexibility index (Phi) is 3.28. The lowest BCUT2D eigenvalue weighted by atomic mass is 10.1. The van der Waals surface area contributed by atoms with E-state index in [-0.39, 0.29) is 0 Å². The standard InChI is InChI=1S/C12H16BrN3/c1-4-8(2)6-11-14-12-7-9(3)5-10(13)16(12)15-11/h5,7-8H,4,6H2,1-3H3. The van der Waals surface area contributed by atoms with E-state index in [1.54, 1.807) is 0 Å². The molecule has 2 heterocycles. The van der Waals surface area contributed by atoms with E-state index >= 15 is 0 Å². The molecule has 0 fully saturated rings. The fourth-order valence-electron chi connectivity index (χ4n) is 1.66. The van der Waals surface area contributed by atoms with E-state index in [4.69, 9.17) is 0 Å². The summed E-state index contributed by atoms with van der Waals surface area (Å²) in [6.07, 6.45) is 2.11. The molecule has 1 atom stereocenters. The van der Waals surface area contributed by atoms with Crippen LogP contribution in [0.15, 0.2) is 16.7 Å². The first-order chi connectivity index (χ1) is 7.60. The number of fused-ring (bicyclic) bond motifs is 1. The SMILES string of the molecule is CCC(C)Cc1nc2cc(C)cc(Br)n2n1. The number of hydrogen-bond acceptors (Lipinski definition) is 2. The Labute approximate surface area is 104 Å². The van der Waals surface area contributed by atoms with Gasteiger partial charge in [0.05, 0.1) is 0 Å². The van der Waals surface area contributed by atoms with E-state index < -0.39 is 0 Å². The first kappa shape index (κ1) is 11.6. The second kappa shape index (κ2) is 4.53. The Hall–Kier alpha value is -0.900. The van der Waals surface area contributed by atoms with Crippen molar-refractivity contribution in [2.45, 2.75) is 33.6 Å². The minimum absolute atomic E-state index is 0.636. The van der Waals surface area contributed by atoms with Crippen molar-refractivity contribution in [1.29, 1.82) is 0 Å². The van der Waals surface area contributed by atoms with Crippen molar-refractivity contribution in [1.82, 2.24) is 14.6 Å². The topological polar surface area (TPSA) is 30.2 Å². The van der Waals surface area contributed by atoms with Crippen LogP contribution in [-0.2, 0) is 6.42 Å². The van der Waals surface area contributed by atoms with Gasteiger partial charge >= 0.3 is 0 Å². The summed E-state index contributed by atoms with van der Waals surface area (Å²) in [5.41, 5.74) is 2.12. The van der Waals surface area contributed by atoms with Gasteiger partial charge in [-0.25, -0.2) is 9.50 Å². The zero-order valence-electron chi connectivity index (χ0n) is 9.87. The molecule has 2 aromatic heterocycles. The Morgan fingerprint density at radius 3 is 2.88 bits per heavy atom. The van der Waals surface area contributed by atoms with Crippen LogP contribution < -0.4 is 0 Å². The fraction of sp³-hybridized carbons (Fsp3) is 0.500. The second-order valence-electron chi connectivity index (χ2n) is 4.37. The van der Waals surface area contributed by atoms with Crippen molar-refractivity contribution in [2.24, 2.45) is 5.92 Å². The lowest BCUT2D eigenvalue weighted by Gasteiger charge is -2.02. The number of nitrogens with zero attached hydrogens (tertiary/aromatic N) is 3. The maximum Gasteiger partial charge on any atom is 0.157 e. The highest BCUT2D eigenvalue weighted by atomic mass is 79.9. The number of pyridine rings is 1. The minimum atomic E-state index is 0.636. The monoisotopic (exact) mass is 281 g/mol. The summed E-state index contributed by atoms with van der Waals surface area (Å²) >= 11 is 3.50. The van der Waals surface area contributed by atoms with Gasteiger partial charge in [0.15, 0.2) is 11.5 Å². The molecule has 0 saturated heterocycles. The van der Waals surface area contributed by atoms with E-state index in [1.807, 2.05) is 4.52 Å². The molecule has 0 bridgehead atoms. The molecular weight excluding hydrogens is 266 g/mol. The molecule has 2 aromatic rings. The Bertz CT molecular complexity index is 504. The highest BCUT2D eigenvalue weighted by Gasteiger charge is 2.09. The van der Waals surface area contributed by atoms with Gasteiger partial charge in [-0.3, -0.25) is 0 Å². The fourth-order valence-corrected chi connectivity index (χ4v) is 2.28. The van der Waals surface area contributed by atoms with Gasteiger partial charge in [0.25, 0.3) is 0 Å². The zero-order chi connectivity index (χ0) is 11.7. The molecule has 1 unspecified atom stereocenters. The summed E-state index contributed by atoms with van der Waals surface area (Å²) in [7, 11) is 0. The number of hydrogen-bond donors (Lipinski definition) is 0. The van der Waals surface area contributed by atoms with E-state index in [2.05, 4.69) is 58.9 Å². The van der Waals surface area contributed by atoms with Crippen LogP contribution in [-0.4, -0.2) is 14.6 Å². The van der Waals surface area contributed by atoms with Gasteiger partial charge in [-0.05, 0) is 46.5 Å². The average Bonchev–Trinajstić information content (AvgIpc) is 2.60. The number of aryl methyl sites for hydroxylation is 1. The van der Waals surface area contributed by atoms with E-state index in [9.17, 15) is 0 Å². The molecule has 0 amide bonds. The smallest absolute Gasteiger partial charge is 0.157 e. The summed E-state index contributed by atoms with van der Waals surface area (Å²) < 4.78 is 2.82. The first-order valence-electron chi connectivity index (χ1n) is 5.62. The number of halogens is 1. The third-order valence-corrected chi connectivity index (χ3v) is 3.37. The van der Waals surface area contributed by atoms with Crippen LogP contribution >= 0.6 is 15.9 Å². The molecule has 2 rings (SSSR count). The Balaban J connectivity index is 2.40. The highest BCUT2D eigenvalue weighted by molar-refractivity contribution is 9.10. The van der Waals surface area contributed by atoms with Gasteiger partial charge in [-0.15, -0.1) is 0 Å². The number of rotatable bonds is 3. The summed E-state index contributed by atoms with van der Waals surface area (Å²) in [5.74, 6) is 1.57. The van der Waals surface area contributed by atoms with Gasteiger partial charge in [0, 0.05) is 6.42 Å². The summed E-state index contributed by atoms with van der Waals surface area (Å²) in [6.45, 7) is 6.49. The first-order valence-corrected chi connectivity index (χ1v) is 6.41. The van der Waals surface area contributed by atoms with Crippen molar-refractivity contribution in [3.63, 3.8) is 0 Å². The molecule has 0 saturated carbocycles. The Morgan fingerprint density at radius 2 is 2.19 bits per heavy atom. The molecule has 0 aliphatic carbocycles. The van der Waals surface area contributed by atoms with Crippen molar-refractivity contribution in [3.8, 4) is 0 Å². The van der Waals surface area contributed by atoms with Crippen LogP contribution in [0.25, 0.3) is 5.65 Å². The van der Waals surface area contributed by atoms with E-state index in [0.717, 1.165) is 28.9 Å². The van der Waals surface area contributed by atoms with Gasteiger partial charge < -0.3 is 0 Å². The van der Waals surface area contributed by atoms with Crippen LogP contribution in [0.2, 0.25) is 0 Å². The minimum Gasteiger partial charge on any atom is -0.212 e. The van der Waals surface area contributed by atoms with Crippen LogP contribution in [0.5, 0.6) is 0 Å². The molecule has 0 N–H and O–H groups in total. The third kappa shape index (κ3) is 2.26. The van der Waals surface area contributed by atoms with Crippen molar-refractivity contribution < 1.29 is 0 Å². The molecule has 0 spiro atoms. The maximum absolute atomic E-state index is 4.54. The molecule has 86 valence electrons. The summed E-state index contributed by atoms with van der Waals surface area (Å²) in [6, 6.07) is 4.10. The van der Waals surface area contributed by atoms with Crippen LogP contribution in [0.4, 0.5) is 0 Å². The van der Waals surface area contributed by atoms with E-state index in [1.165, 1.54) is 5.56 Å². The molecule has 0 aliphatic heterocycles. The average molecular weight is 282 g/mol. The van der Waals surface area contributed by atoms with Crippen LogP contribution in [0.3, 0.4) is 0 Å². The van der Waals surface area contributed by atoms with Gasteiger partial charge in [-0.2, -0.15) is 5.10 Å². The number of aromatic nitrogens is 3. The van der Waals surface area contributed by atoms with Crippen molar-refractivity contribution >= 4 is 21.6 Å². The second-order valence-corrected chi connectivity index (χ2v) is 5.18. The molecule has 4 heteroatoms. The quantitative estimate of drug-likeness (QED) is 0.808. The predicted molar refractivity (Wildman–Crippen MR) is 68.6 cm³/mol. The predicted octanol–water partition coefficient (Wildman–Crippen LogP) is 3.39. The van der Waals surface area contributed by atoms with Gasteiger partial charge in [-0.1, -0.05) is 20.3 Å². The normalized spacial score (nSPS) is 13.2. The van der Waals surface area contributed by atoms with Crippen LogP contribution in [0, 0.1) is 12.8 Å². The van der Waals surface area contributed by atoms with Gasteiger partial charge in [0.2, 0.25) is 0 Å². The highest BCUT2D eigenvalue weighted by Crippen LogP contribution is 2.16. The Morgan fingerprint density at radius 1 is 1.44 bits per heavy atom. The van der Waals surface area contributed by atoms with E-state index in [0.29, 0.717) is 5.92 Å². The largest absolute Gasteiger partial charge is 0.212 e.